The molecule has 2 aromatic rings. The molecule has 0 aliphatic carbocycles. The lowest BCUT2D eigenvalue weighted by Crippen LogP contribution is -3.00. The van der Waals surface area contributed by atoms with Gasteiger partial charge in [-0.3, -0.25) is 0 Å². The average Bonchev–Trinajstić information content (AvgIpc) is 2.33. The maximum Gasteiger partial charge on any atom is 0.370 e. The third-order valence-corrected chi connectivity index (χ3v) is 2.57. The fourth-order valence-electron chi connectivity index (χ4n) is 1.78. The van der Waals surface area contributed by atoms with Gasteiger partial charge in [0.15, 0.2) is 12.7 Å². The zero-order valence-corrected chi connectivity index (χ0v) is 12.0. The highest BCUT2D eigenvalue weighted by Gasteiger charge is 2.14. The number of nitrogens with two attached hydrogens (primary N) is 1. The lowest BCUT2D eigenvalue weighted by atomic mass is 10.2. The number of aromatic nitrogens is 1. The molecule has 0 unspecified atom stereocenters. The number of ether oxygens (including phenoxy) is 1. The van der Waals surface area contributed by atoms with Crippen LogP contribution in [-0.2, 0) is 6.54 Å². The Morgan fingerprint density at radius 1 is 1.16 bits per heavy atom. The van der Waals surface area contributed by atoms with Gasteiger partial charge < -0.3 is 22.9 Å². The van der Waals surface area contributed by atoms with Crippen molar-refractivity contribution < 1.29 is 21.7 Å². The van der Waals surface area contributed by atoms with Crippen LogP contribution in [0, 0.1) is 0 Å². The molecule has 2 rings (SSSR count). The largest absolute Gasteiger partial charge is 1.00 e. The van der Waals surface area contributed by atoms with Gasteiger partial charge in [-0.2, -0.15) is 4.57 Å². The Balaban J connectivity index is 0.00000180. The predicted molar refractivity (Wildman–Crippen MR) is 72.4 cm³/mol. The Morgan fingerprint density at radius 2 is 1.84 bits per heavy atom. The summed E-state index contributed by atoms with van der Waals surface area (Å²) in [4.78, 5) is 0. The smallest absolute Gasteiger partial charge is 0.370 e. The van der Waals surface area contributed by atoms with Crippen molar-refractivity contribution in [2.75, 3.05) is 5.73 Å². The lowest BCUT2D eigenvalue weighted by Gasteiger charge is -2.09. The van der Waals surface area contributed by atoms with Crippen LogP contribution >= 0.6 is 0 Å². The first kappa shape index (κ1) is 15.3. The van der Waals surface area contributed by atoms with Crippen LogP contribution in [0.5, 0.6) is 5.88 Å². The standard InChI is InChI=1S/C15H18N2O.ClH/c1-12(2)18-15-10-14(16)8-9-17(15)11-13-6-4-3-5-7-13;/h3-10,12,16H,11H2,1-2H3;1H. The fraction of sp³-hybridized carbons (Fsp3) is 0.267. The SMILES string of the molecule is CC(C)Oc1cc(N)cc[n+]1Cc1ccccc1.[Cl-]. The summed E-state index contributed by atoms with van der Waals surface area (Å²) in [5.74, 6) is 0.800. The van der Waals surface area contributed by atoms with E-state index in [-0.39, 0.29) is 18.5 Å². The number of anilines is 1. The molecule has 3 nitrogen and oxygen atoms in total. The van der Waals surface area contributed by atoms with E-state index < -0.39 is 0 Å². The van der Waals surface area contributed by atoms with E-state index in [0.717, 1.165) is 18.1 Å². The number of benzene rings is 1. The van der Waals surface area contributed by atoms with Gasteiger partial charge in [0, 0.05) is 17.3 Å². The first-order valence-corrected chi connectivity index (χ1v) is 6.14. The van der Waals surface area contributed by atoms with Crippen molar-refractivity contribution >= 4 is 5.69 Å². The molecule has 0 aliphatic heterocycles. The van der Waals surface area contributed by atoms with Crippen LogP contribution in [0.25, 0.3) is 0 Å². The minimum atomic E-state index is 0. The highest BCUT2D eigenvalue weighted by atomic mass is 35.5. The van der Waals surface area contributed by atoms with E-state index in [0.29, 0.717) is 0 Å². The maximum atomic E-state index is 5.80. The molecule has 0 radical (unpaired) electrons. The van der Waals surface area contributed by atoms with Crippen LogP contribution in [-0.4, -0.2) is 6.10 Å². The average molecular weight is 279 g/mol. The molecular formula is C15H19ClN2O. The van der Waals surface area contributed by atoms with E-state index in [9.17, 15) is 0 Å². The van der Waals surface area contributed by atoms with Gasteiger partial charge in [0.2, 0.25) is 0 Å². The molecule has 0 bridgehead atoms. The van der Waals surface area contributed by atoms with Gasteiger partial charge in [-0.25, -0.2) is 0 Å². The number of hydrogen-bond donors (Lipinski definition) is 1. The number of halogens is 1. The molecule has 4 heteroatoms. The quantitative estimate of drug-likeness (QED) is 0.759. The van der Waals surface area contributed by atoms with Gasteiger partial charge in [-0.15, -0.1) is 0 Å². The second-order valence-electron chi connectivity index (χ2n) is 4.58. The molecule has 102 valence electrons. The summed E-state index contributed by atoms with van der Waals surface area (Å²) >= 11 is 0. The van der Waals surface area contributed by atoms with E-state index in [4.69, 9.17) is 10.5 Å². The molecule has 1 heterocycles. The summed E-state index contributed by atoms with van der Waals surface area (Å²) < 4.78 is 7.84. The number of pyridine rings is 1. The van der Waals surface area contributed by atoms with Crippen LogP contribution in [0.3, 0.4) is 0 Å². The van der Waals surface area contributed by atoms with Crippen LogP contribution in [0.4, 0.5) is 5.69 Å². The van der Waals surface area contributed by atoms with E-state index >= 15 is 0 Å². The molecule has 0 aliphatic rings. The second kappa shape index (κ2) is 7.00. The lowest BCUT2D eigenvalue weighted by molar-refractivity contribution is -0.694. The second-order valence-corrected chi connectivity index (χ2v) is 4.58. The topological polar surface area (TPSA) is 39.1 Å². The summed E-state index contributed by atoms with van der Waals surface area (Å²) in [5, 5.41) is 0. The van der Waals surface area contributed by atoms with E-state index in [1.165, 1.54) is 5.56 Å². The summed E-state index contributed by atoms with van der Waals surface area (Å²) in [6, 6.07) is 14.0. The summed E-state index contributed by atoms with van der Waals surface area (Å²) in [7, 11) is 0. The van der Waals surface area contributed by atoms with E-state index in [1.54, 1.807) is 0 Å². The van der Waals surface area contributed by atoms with Crippen molar-refractivity contribution in [2.24, 2.45) is 0 Å². The molecule has 0 spiro atoms. The molecule has 1 aromatic heterocycles. The van der Waals surface area contributed by atoms with Crippen molar-refractivity contribution in [3.05, 3.63) is 54.2 Å². The molecule has 0 atom stereocenters. The van der Waals surface area contributed by atoms with Crippen LogP contribution < -0.4 is 27.4 Å². The number of rotatable bonds is 4. The van der Waals surface area contributed by atoms with Gasteiger partial charge in [-0.05, 0) is 13.8 Å². The highest BCUT2D eigenvalue weighted by molar-refractivity contribution is 5.37. The van der Waals surface area contributed by atoms with Crippen LogP contribution in [0.2, 0.25) is 0 Å². The third kappa shape index (κ3) is 4.45. The summed E-state index contributed by atoms with van der Waals surface area (Å²) in [6.45, 7) is 4.80. The zero-order valence-electron chi connectivity index (χ0n) is 11.2. The Bertz CT molecular complexity index is 515. The zero-order chi connectivity index (χ0) is 13.0. The fourth-order valence-corrected chi connectivity index (χ4v) is 1.78. The minimum absolute atomic E-state index is 0. The maximum absolute atomic E-state index is 5.80. The van der Waals surface area contributed by atoms with Gasteiger partial charge in [0.1, 0.15) is 0 Å². The Kier molecular flexibility index (Phi) is 5.64. The molecule has 0 saturated carbocycles. The summed E-state index contributed by atoms with van der Waals surface area (Å²) in [5.41, 5.74) is 7.76. The Hall–Kier alpha value is -1.74. The Morgan fingerprint density at radius 3 is 2.47 bits per heavy atom. The van der Waals surface area contributed by atoms with E-state index in [2.05, 4.69) is 16.7 Å². The van der Waals surface area contributed by atoms with Crippen molar-refractivity contribution in [3.63, 3.8) is 0 Å². The first-order valence-electron chi connectivity index (χ1n) is 6.14. The molecule has 1 aromatic carbocycles. The van der Waals surface area contributed by atoms with Gasteiger partial charge in [0.25, 0.3) is 0 Å². The van der Waals surface area contributed by atoms with Crippen molar-refractivity contribution in [2.45, 2.75) is 26.5 Å². The third-order valence-electron chi connectivity index (χ3n) is 2.57. The summed E-state index contributed by atoms with van der Waals surface area (Å²) in [6.07, 6.45) is 2.09. The monoisotopic (exact) mass is 278 g/mol. The molecule has 19 heavy (non-hydrogen) atoms. The van der Waals surface area contributed by atoms with Gasteiger partial charge in [-0.1, -0.05) is 30.3 Å². The molecule has 2 N–H and O–H groups in total. The van der Waals surface area contributed by atoms with Crippen molar-refractivity contribution in [1.29, 1.82) is 0 Å². The predicted octanol–water partition coefficient (Wildman–Crippen LogP) is -0.604. The van der Waals surface area contributed by atoms with Gasteiger partial charge >= 0.3 is 5.88 Å². The van der Waals surface area contributed by atoms with Crippen molar-refractivity contribution in [3.8, 4) is 5.88 Å². The number of hydrogen-bond acceptors (Lipinski definition) is 2. The van der Waals surface area contributed by atoms with Crippen LogP contribution in [0.1, 0.15) is 19.4 Å². The molecular weight excluding hydrogens is 260 g/mol. The molecule has 0 amide bonds. The molecule has 0 saturated heterocycles. The van der Waals surface area contributed by atoms with Crippen molar-refractivity contribution in [1.82, 2.24) is 0 Å². The number of nitrogens with zero attached hydrogens (tertiary/aromatic N) is 1. The Labute approximate surface area is 120 Å². The van der Waals surface area contributed by atoms with Crippen LogP contribution in [0.15, 0.2) is 48.7 Å². The van der Waals surface area contributed by atoms with E-state index in [1.807, 2.05) is 50.4 Å². The first-order chi connectivity index (χ1) is 8.65. The highest BCUT2D eigenvalue weighted by Crippen LogP contribution is 2.12. The molecule has 0 fully saturated rings. The normalized spacial score (nSPS) is 10.1. The minimum Gasteiger partial charge on any atom is -1.00 e. The number of nitrogen functional groups attached to an aromatic ring is 1. The van der Waals surface area contributed by atoms with Gasteiger partial charge in [0.05, 0.1) is 12.2 Å².